The fraction of sp³-hybridized carbons (Fsp3) is 0.529. The molecule has 2 aliphatic rings. The topological polar surface area (TPSA) is 67.4 Å². The van der Waals surface area contributed by atoms with Gasteiger partial charge in [0.15, 0.2) is 6.61 Å². The molecule has 118 valence electrons. The Morgan fingerprint density at radius 3 is 2.77 bits per heavy atom. The second kappa shape index (κ2) is 6.38. The van der Waals surface area contributed by atoms with E-state index < -0.39 is 0 Å². The van der Waals surface area contributed by atoms with Crippen LogP contribution in [0.1, 0.15) is 31.7 Å². The van der Waals surface area contributed by atoms with Crippen molar-refractivity contribution in [3.63, 3.8) is 0 Å². The first-order chi connectivity index (χ1) is 10.6. The lowest BCUT2D eigenvalue weighted by atomic mass is 10.2. The molecule has 2 fully saturated rings. The Morgan fingerprint density at radius 2 is 2.09 bits per heavy atom. The molecule has 0 aliphatic heterocycles. The summed E-state index contributed by atoms with van der Waals surface area (Å²) in [4.78, 5) is 23.4. The zero-order valence-corrected chi connectivity index (χ0v) is 12.8. The maximum Gasteiger partial charge on any atom is 0.258 e. The van der Waals surface area contributed by atoms with E-state index in [0.717, 1.165) is 24.8 Å². The number of hydrogen-bond donors (Lipinski definition) is 2. The highest BCUT2D eigenvalue weighted by Crippen LogP contribution is 2.37. The predicted molar refractivity (Wildman–Crippen MR) is 82.2 cm³/mol. The molecule has 0 spiro atoms. The molecule has 2 saturated carbocycles. The lowest BCUT2D eigenvalue weighted by Gasteiger charge is -2.09. The van der Waals surface area contributed by atoms with Gasteiger partial charge in [-0.05, 0) is 42.9 Å². The molecule has 0 heterocycles. The number of amides is 2. The summed E-state index contributed by atoms with van der Waals surface area (Å²) in [6.07, 6.45) is 3.13. The quantitative estimate of drug-likeness (QED) is 0.804. The van der Waals surface area contributed by atoms with Crippen LogP contribution in [0.5, 0.6) is 5.75 Å². The van der Waals surface area contributed by atoms with Gasteiger partial charge >= 0.3 is 0 Å². The number of ether oxygens (including phenoxy) is 1. The van der Waals surface area contributed by atoms with Gasteiger partial charge < -0.3 is 15.4 Å². The van der Waals surface area contributed by atoms with Crippen molar-refractivity contribution in [2.45, 2.75) is 38.8 Å². The van der Waals surface area contributed by atoms with Crippen LogP contribution in [-0.2, 0) is 16.1 Å². The summed E-state index contributed by atoms with van der Waals surface area (Å²) in [5.74, 6) is 1.40. The summed E-state index contributed by atoms with van der Waals surface area (Å²) in [5.41, 5.74) is 0.974. The maximum atomic E-state index is 11.8. The Morgan fingerprint density at radius 1 is 1.32 bits per heavy atom. The maximum absolute atomic E-state index is 11.8. The van der Waals surface area contributed by atoms with Gasteiger partial charge in [-0.25, -0.2) is 0 Å². The van der Waals surface area contributed by atoms with Gasteiger partial charge in [-0.15, -0.1) is 0 Å². The minimum absolute atomic E-state index is 0.0336. The first kappa shape index (κ1) is 14.9. The van der Waals surface area contributed by atoms with Gasteiger partial charge in [-0.2, -0.15) is 0 Å². The van der Waals surface area contributed by atoms with E-state index in [1.807, 2.05) is 24.3 Å². The van der Waals surface area contributed by atoms with Gasteiger partial charge in [0.25, 0.3) is 5.91 Å². The van der Waals surface area contributed by atoms with Gasteiger partial charge in [0.05, 0.1) is 0 Å². The molecular weight excluding hydrogens is 280 g/mol. The highest BCUT2D eigenvalue weighted by atomic mass is 16.5. The largest absolute Gasteiger partial charge is 0.484 e. The molecule has 0 unspecified atom stereocenters. The van der Waals surface area contributed by atoms with Gasteiger partial charge in [0.1, 0.15) is 5.75 Å². The fourth-order valence-corrected chi connectivity index (χ4v) is 2.40. The van der Waals surface area contributed by atoms with E-state index in [2.05, 4.69) is 17.6 Å². The van der Waals surface area contributed by atoms with Crippen LogP contribution in [0.15, 0.2) is 24.3 Å². The number of carbonyl (C=O) groups excluding carboxylic acids is 2. The molecule has 5 nitrogen and oxygen atoms in total. The van der Waals surface area contributed by atoms with Crippen molar-refractivity contribution in [2.24, 2.45) is 11.8 Å². The number of rotatable bonds is 7. The van der Waals surface area contributed by atoms with Crippen molar-refractivity contribution in [3.05, 3.63) is 29.8 Å². The van der Waals surface area contributed by atoms with Crippen LogP contribution >= 0.6 is 0 Å². The van der Waals surface area contributed by atoms with E-state index in [1.54, 1.807) is 0 Å². The first-order valence-corrected chi connectivity index (χ1v) is 7.90. The lowest BCUT2D eigenvalue weighted by molar-refractivity contribution is -0.123. The number of hydrogen-bond acceptors (Lipinski definition) is 3. The van der Waals surface area contributed by atoms with Crippen LogP contribution in [0.3, 0.4) is 0 Å². The molecule has 2 atom stereocenters. The zero-order valence-electron chi connectivity index (χ0n) is 12.8. The SMILES string of the molecule is C[C@@H]1C[C@@H]1C(=O)NCc1cccc(OCC(=O)NC2CC2)c1. The van der Waals surface area contributed by atoms with Crippen molar-refractivity contribution < 1.29 is 14.3 Å². The van der Waals surface area contributed by atoms with E-state index in [-0.39, 0.29) is 24.3 Å². The number of carbonyl (C=O) groups is 2. The molecule has 1 aromatic rings. The van der Waals surface area contributed by atoms with Gasteiger partial charge in [-0.3, -0.25) is 9.59 Å². The molecule has 2 aliphatic carbocycles. The van der Waals surface area contributed by atoms with Crippen LogP contribution in [0, 0.1) is 11.8 Å². The molecule has 2 amide bonds. The summed E-state index contributed by atoms with van der Waals surface area (Å²) < 4.78 is 5.50. The van der Waals surface area contributed by atoms with Gasteiger partial charge in [0, 0.05) is 18.5 Å². The molecule has 3 rings (SSSR count). The minimum atomic E-state index is -0.0797. The average molecular weight is 302 g/mol. The van der Waals surface area contributed by atoms with E-state index in [4.69, 9.17) is 4.74 Å². The molecule has 0 saturated heterocycles. The van der Waals surface area contributed by atoms with Crippen molar-refractivity contribution >= 4 is 11.8 Å². The van der Waals surface area contributed by atoms with Crippen molar-refractivity contribution in [1.29, 1.82) is 0 Å². The monoisotopic (exact) mass is 302 g/mol. The molecule has 0 aromatic heterocycles. The number of benzene rings is 1. The number of nitrogens with one attached hydrogen (secondary N) is 2. The Bertz CT molecular complexity index is 569. The van der Waals surface area contributed by atoms with E-state index >= 15 is 0 Å². The van der Waals surface area contributed by atoms with E-state index in [1.165, 1.54) is 0 Å². The summed E-state index contributed by atoms with van der Waals surface area (Å²) in [6, 6.07) is 7.84. The highest BCUT2D eigenvalue weighted by molar-refractivity contribution is 5.81. The second-order valence-corrected chi connectivity index (χ2v) is 6.32. The lowest BCUT2D eigenvalue weighted by Crippen LogP contribution is -2.30. The molecule has 0 bridgehead atoms. The molecule has 1 aromatic carbocycles. The van der Waals surface area contributed by atoms with Crippen LogP contribution in [-0.4, -0.2) is 24.5 Å². The normalized spacial score (nSPS) is 22.8. The van der Waals surface area contributed by atoms with Gasteiger partial charge in [-0.1, -0.05) is 19.1 Å². The smallest absolute Gasteiger partial charge is 0.258 e. The zero-order chi connectivity index (χ0) is 15.5. The third-order valence-corrected chi connectivity index (χ3v) is 4.12. The first-order valence-electron chi connectivity index (χ1n) is 7.90. The third-order valence-electron chi connectivity index (χ3n) is 4.12. The molecule has 0 radical (unpaired) electrons. The predicted octanol–water partition coefficient (Wildman–Crippen LogP) is 1.62. The third kappa shape index (κ3) is 4.23. The molecule has 22 heavy (non-hydrogen) atoms. The Hall–Kier alpha value is -2.04. The Balaban J connectivity index is 1.44. The van der Waals surface area contributed by atoms with Crippen LogP contribution in [0.25, 0.3) is 0 Å². The standard InChI is InChI=1S/C17H22N2O3/c1-11-7-15(11)17(21)18-9-12-3-2-4-14(8-12)22-10-16(20)19-13-5-6-13/h2-4,8,11,13,15H,5-7,9-10H2,1H3,(H,18,21)(H,19,20)/t11-,15+/m1/s1. The van der Waals surface area contributed by atoms with Crippen molar-refractivity contribution in [3.8, 4) is 5.75 Å². The summed E-state index contributed by atoms with van der Waals surface area (Å²) in [7, 11) is 0. The van der Waals surface area contributed by atoms with E-state index in [0.29, 0.717) is 24.3 Å². The Kier molecular flexibility index (Phi) is 4.32. The molecule has 2 N–H and O–H groups in total. The van der Waals surface area contributed by atoms with Gasteiger partial charge in [0.2, 0.25) is 5.91 Å². The average Bonchev–Trinajstić information content (AvgIpc) is 3.42. The van der Waals surface area contributed by atoms with Crippen LogP contribution < -0.4 is 15.4 Å². The van der Waals surface area contributed by atoms with Crippen molar-refractivity contribution in [2.75, 3.05) is 6.61 Å². The van der Waals surface area contributed by atoms with Crippen LogP contribution in [0.4, 0.5) is 0 Å². The summed E-state index contributed by atoms with van der Waals surface area (Å²) in [6.45, 7) is 2.62. The van der Waals surface area contributed by atoms with E-state index in [9.17, 15) is 9.59 Å². The highest BCUT2D eigenvalue weighted by Gasteiger charge is 2.38. The molecule has 5 heteroatoms. The van der Waals surface area contributed by atoms with Crippen LogP contribution in [0.2, 0.25) is 0 Å². The van der Waals surface area contributed by atoms with Crippen molar-refractivity contribution in [1.82, 2.24) is 10.6 Å². The molecular formula is C17H22N2O3. The summed E-state index contributed by atoms with van der Waals surface area (Å²) in [5, 5.41) is 5.83. The fourth-order valence-electron chi connectivity index (χ4n) is 2.40. The minimum Gasteiger partial charge on any atom is -0.484 e. The Labute approximate surface area is 130 Å². The summed E-state index contributed by atoms with van der Waals surface area (Å²) >= 11 is 0. The second-order valence-electron chi connectivity index (χ2n) is 6.32.